The number of hydrogen-bond donors (Lipinski definition) is 0. The molecule has 7 aromatic rings. The van der Waals surface area contributed by atoms with Crippen molar-refractivity contribution in [2.75, 3.05) is 11.9 Å². The summed E-state index contributed by atoms with van der Waals surface area (Å²) in [5, 5.41) is 7.56. The van der Waals surface area contributed by atoms with Crippen molar-refractivity contribution in [1.82, 2.24) is 0 Å². The lowest BCUT2D eigenvalue weighted by Gasteiger charge is -2.30. The van der Waals surface area contributed by atoms with Gasteiger partial charge in [0.1, 0.15) is 0 Å². The van der Waals surface area contributed by atoms with Crippen molar-refractivity contribution in [3.05, 3.63) is 133 Å². The summed E-state index contributed by atoms with van der Waals surface area (Å²) in [5.74, 6) is 1.76. The molecule has 8 rings (SSSR count). The fourth-order valence-electron chi connectivity index (χ4n) is 6.35. The molecule has 0 amide bonds. The number of hydrogen-bond acceptors (Lipinski definition) is 2. The van der Waals surface area contributed by atoms with Gasteiger partial charge < -0.3 is 9.64 Å². The fourth-order valence-corrected chi connectivity index (χ4v) is 6.35. The second-order valence-electron chi connectivity index (χ2n) is 10.7. The van der Waals surface area contributed by atoms with Crippen molar-refractivity contribution in [2.24, 2.45) is 0 Å². The van der Waals surface area contributed by atoms with Crippen LogP contribution in [0.25, 0.3) is 54.6 Å². The lowest BCUT2D eigenvalue weighted by Crippen LogP contribution is -2.15. The molecule has 0 N–H and O–H groups in total. The van der Waals surface area contributed by atoms with Gasteiger partial charge in [-0.25, -0.2) is 0 Å². The van der Waals surface area contributed by atoms with Gasteiger partial charge in [-0.1, -0.05) is 103 Å². The second-order valence-corrected chi connectivity index (χ2v) is 10.7. The van der Waals surface area contributed by atoms with Crippen LogP contribution in [0.5, 0.6) is 11.5 Å². The molecular weight excluding hydrogens is 486 g/mol. The molecule has 0 fully saturated rings. The van der Waals surface area contributed by atoms with E-state index in [1.54, 1.807) is 0 Å². The van der Waals surface area contributed by atoms with Crippen LogP contribution in [0.15, 0.2) is 127 Å². The van der Waals surface area contributed by atoms with Gasteiger partial charge in [-0.05, 0) is 91.8 Å². The maximum Gasteiger partial charge on any atom is 0.151 e. The summed E-state index contributed by atoms with van der Waals surface area (Å²) in [6, 6.07) is 46.0. The predicted octanol–water partition coefficient (Wildman–Crippen LogP) is 10.7. The van der Waals surface area contributed by atoms with Crippen molar-refractivity contribution < 1.29 is 4.74 Å². The largest absolute Gasteiger partial charge is 0.453 e. The van der Waals surface area contributed by atoms with E-state index in [1.165, 1.54) is 60.1 Å². The van der Waals surface area contributed by atoms with Crippen molar-refractivity contribution in [3.63, 3.8) is 0 Å². The zero-order valence-corrected chi connectivity index (χ0v) is 22.5. The number of rotatable bonds is 2. The zero-order chi connectivity index (χ0) is 26.8. The van der Waals surface area contributed by atoms with Gasteiger partial charge >= 0.3 is 0 Å². The predicted molar refractivity (Wildman–Crippen MR) is 169 cm³/mol. The minimum atomic E-state index is 0.877. The molecule has 1 heterocycles. The molecule has 0 aliphatic carbocycles. The average Bonchev–Trinajstić information content (AvgIpc) is 3.00. The van der Waals surface area contributed by atoms with E-state index in [0.717, 1.165) is 22.9 Å². The quantitative estimate of drug-likeness (QED) is 0.213. The molecule has 0 unspecified atom stereocenters. The van der Waals surface area contributed by atoms with Crippen molar-refractivity contribution in [2.45, 2.75) is 6.92 Å². The molecule has 190 valence electrons. The Morgan fingerprint density at radius 3 is 1.95 bits per heavy atom. The van der Waals surface area contributed by atoms with Gasteiger partial charge in [-0.2, -0.15) is 0 Å². The number of benzene rings is 7. The van der Waals surface area contributed by atoms with E-state index >= 15 is 0 Å². The Morgan fingerprint density at radius 1 is 0.475 bits per heavy atom. The fraction of sp³-hybridized carbons (Fsp3) is 0.0526. The summed E-state index contributed by atoms with van der Waals surface area (Å²) in [4.78, 5) is 2.23. The highest BCUT2D eigenvalue weighted by Crippen LogP contribution is 2.49. The van der Waals surface area contributed by atoms with Gasteiger partial charge in [-0.3, -0.25) is 0 Å². The number of para-hydroxylation sites is 2. The van der Waals surface area contributed by atoms with E-state index in [9.17, 15) is 0 Å². The second kappa shape index (κ2) is 8.72. The molecule has 0 spiro atoms. The van der Waals surface area contributed by atoms with Gasteiger partial charge in [0.25, 0.3) is 0 Å². The molecule has 0 saturated heterocycles. The third-order valence-electron chi connectivity index (χ3n) is 8.27. The van der Waals surface area contributed by atoms with Crippen LogP contribution < -0.4 is 9.64 Å². The summed E-state index contributed by atoms with van der Waals surface area (Å²) in [6.45, 7) is 2.18. The molecule has 0 atom stereocenters. The third-order valence-corrected chi connectivity index (χ3v) is 8.27. The number of nitrogens with zero attached hydrogens (tertiary/aromatic N) is 1. The molecule has 0 bridgehead atoms. The highest BCUT2D eigenvalue weighted by molar-refractivity contribution is 6.22. The third kappa shape index (κ3) is 3.43. The Labute approximate surface area is 233 Å². The van der Waals surface area contributed by atoms with Crippen molar-refractivity contribution in [3.8, 4) is 33.8 Å². The minimum Gasteiger partial charge on any atom is -0.453 e. The Kier molecular flexibility index (Phi) is 4.99. The van der Waals surface area contributed by atoms with Crippen LogP contribution >= 0.6 is 0 Å². The van der Waals surface area contributed by atoms with Crippen LogP contribution in [0.1, 0.15) is 5.56 Å². The molecule has 0 aromatic heterocycles. The van der Waals surface area contributed by atoms with Gasteiger partial charge in [0, 0.05) is 7.05 Å². The van der Waals surface area contributed by atoms with E-state index in [2.05, 4.69) is 134 Å². The van der Waals surface area contributed by atoms with Crippen LogP contribution in [0.4, 0.5) is 11.4 Å². The molecule has 0 radical (unpaired) electrons. The topological polar surface area (TPSA) is 12.5 Å². The summed E-state index contributed by atoms with van der Waals surface area (Å²) >= 11 is 0. The summed E-state index contributed by atoms with van der Waals surface area (Å²) < 4.78 is 6.30. The van der Waals surface area contributed by atoms with E-state index in [-0.39, 0.29) is 0 Å². The van der Waals surface area contributed by atoms with Crippen molar-refractivity contribution in [1.29, 1.82) is 0 Å². The standard InChI is InChI=1S/C38H27NO/c1-24-15-19-31-32(21-24)38(28-18-20-36-34(23-28)39(2)33-13-7-8-14-35(33)40-36)30-12-6-5-11-29(30)37(31)27-17-16-25-9-3-4-10-26(25)22-27/h3-23H,1-2H3. The molecule has 0 saturated carbocycles. The molecule has 7 aromatic carbocycles. The number of anilines is 2. The average molecular weight is 514 g/mol. The summed E-state index contributed by atoms with van der Waals surface area (Å²) in [6.07, 6.45) is 0. The van der Waals surface area contributed by atoms with Crippen LogP contribution in [-0.2, 0) is 0 Å². The molecule has 1 aliphatic heterocycles. The normalized spacial score (nSPS) is 12.4. The molecule has 2 heteroatoms. The highest BCUT2D eigenvalue weighted by Gasteiger charge is 2.23. The maximum atomic E-state index is 6.30. The van der Waals surface area contributed by atoms with Gasteiger partial charge in [0.15, 0.2) is 11.5 Å². The van der Waals surface area contributed by atoms with E-state index in [0.29, 0.717) is 0 Å². The number of fused-ring (bicyclic) bond motifs is 5. The number of ether oxygens (including phenoxy) is 1. The minimum absolute atomic E-state index is 0.877. The van der Waals surface area contributed by atoms with Gasteiger partial charge in [0.05, 0.1) is 11.4 Å². The van der Waals surface area contributed by atoms with Crippen LogP contribution in [-0.4, -0.2) is 7.05 Å². The van der Waals surface area contributed by atoms with E-state index < -0.39 is 0 Å². The first kappa shape index (κ1) is 22.9. The lowest BCUT2D eigenvalue weighted by molar-refractivity contribution is 0.475. The zero-order valence-electron chi connectivity index (χ0n) is 22.5. The molecule has 40 heavy (non-hydrogen) atoms. The molecular formula is C38H27NO. The summed E-state index contributed by atoms with van der Waals surface area (Å²) in [5.41, 5.74) is 8.36. The smallest absolute Gasteiger partial charge is 0.151 e. The van der Waals surface area contributed by atoms with E-state index in [1.807, 2.05) is 12.1 Å². The lowest BCUT2D eigenvalue weighted by atomic mass is 9.85. The van der Waals surface area contributed by atoms with Gasteiger partial charge in [0.2, 0.25) is 0 Å². The van der Waals surface area contributed by atoms with E-state index in [4.69, 9.17) is 4.74 Å². The summed E-state index contributed by atoms with van der Waals surface area (Å²) in [7, 11) is 2.12. The first-order chi connectivity index (χ1) is 19.7. The van der Waals surface area contributed by atoms with Gasteiger partial charge in [-0.15, -0.1) is 0 Å². The Bertz CT molecular complexity index is 2120. The molecule has 1 aliphatic rings. The first-order valence-corrected chi connectivity index (χ1v) is 13.7. The van der Waals surface area contributed by atoms with Crippen molar-refractivity contribution >= 4 is 43.7 Å². The molecule has 2 nitrogen and oxygen atoms in total. The SMILES string of the molecule is Cc1ccc2c(-c3ccc4ccccc4c3)c3ccccc3c(-c3ccc4c(c3)N(C)c3ccccc3O4)c2c1. The van der Waals surface area contributed by atoms with Crippen LogP contribution in [0.2, 0.25) is 0 Å². The Morgan fingerprint density at radius 2 is 1.10 bits per heavy atom. The number of aryl methyl sites for hydroxylation is 1. The maximum absolute atomic E-state index is 6.30. The highest BCUT2D eigenvalue weighted by atomic mass is 16.5. The Balaban J connectivity index is 1.42. The van der Waals surface area contributed by atoms with Crippen LogP contribution in [0, 0.1) is 6.92 Å². The first-order valence-electron chi connectivity index (χ1n) is 13.7. The Hall–Kier alpha value is -5.08. The van der Waals surface area contributed by atoms with Crippen LogP contribution in [0.3, 0.4) is 0 Å². The monoisotopic (exact) mass is 513 g/mol.